The summed E-state index contributed by atoms with van der Waals surface area (Å²) in [4.78, 5) is 20.5. The van der Waals surface area contributed by atoms with E-state index in [4.69, 9.17) is 0 Å². The largest absolute Gasteiger partial charge is 0.368 e. The summed E-state index contributed by atoms with van der Waals surface area (Å²) in [5.41, 5.74) is 5.21. The van der Waals surface area contributed by atoms with Crippen LogP contribution < -0.4 is 4.90 Å². The minimum atomic E-state index is 0.157. The summed E-state index contributed by atoms with van der Waals surface area (Å²) in [5, 5.41) is 2.18. The fraction of sp³-hybridized carbons (Fsp3) is 0.414. The number of fused-ring (bicyclic) bond motifs is 2. The van der Waals surface area contributed by atoms with E-state index in [1.807, 2.05) is 29.2 Å². The van der Waals surface area contributed by atoms with Crippen LogP contribution in [-0.2, 0) is 12.8 Å². The summed E-state index contributed by atoms with van der Waals surface area (Å²) < 4.78 is 0. The second kappa shape index (κ2) is 8.83. The van der Waals surface area contributed by atoms with Gasteiger partial charge in [0.1, 0.15) is 0 Å². The van der Waals surface area contributed by atoms with Gasteiger partial charge in [-0.1, -0.05) is 48.9 Å². The average molecular weight is 440 g/mol. The van der Waals surface area contributed by atoms with E-state index in [1.165, 1.54) is 62.0 Å². The van der Waals surface area contributed by atoms with Crippen molar-refractivity contribution < 1.29 is 4.79 Å². The first-order chi connectivity index (χ1) is 16.3. The number of hydrogen-bond donors (Lipinski definition) is 0. The molecule has 0 spiro atoms. The van der Waals surface area contributed by atoms with Gasteiger partial charge in [-0.05, 0) is 65.8 Å². The molecule has 1 saturated heterocycles. The summed E-state index contributed by atoms with van der Waals surface area (Å²) in [7, 11) is 0. The van der Waals surface area contributed by atoms with Gasteiger partial charge in [0, 0.05) is 56.6 Å². The Labute approximate surface area is 196 Å². The second-order valence-corrected chi connectivity index (χ2v) is 9.88. The number of carbonyl (C=O) groups excluding carboxylic acids is 1. The Morgan fingerprint density at radius 1 is 0.758 bits per heavy atom. The highest BCUT2D eigenvalue weighted by Gasteiger charge is 2.27. The van der Waals surface area contributed by atoms with Crippen molar-refractivity contribution in [1.82, 2.24) is 9.80 Å². The van der Waals surface area contributed by atoms with Crippen LogP contribution in [-0.4, -0.2) is 61.0 Å². The van der Waals surface area contributed by atoms with Gasteiger partial charge in [-0.2, -0.15) is 0 Å². The van der Waals surface area contributed by atoms with Gasteiger partial charge in [0.25, 0.3) is 5.91 Å². The van der Waals surface area contributed by atoms with Gasteiger partial charge >= 0.3 is 0 Å². The van der Waals surface area contributed by atoms with Gasteiger partial charge in [-0.15, -0.1) is 0 Å². The quantitative estimate of drug-likeness (QED) is 0.589. The molecule has 3 aliphatic rings. The maximum atomic E-state index is 13.3. The van der Waals surface area contributed by atoms with E-state index in [2.05, 4.69) is 46.2 Å². The fourth-order valence-electron chi connectivity index (χ4n) is 5.79. The molecule has 2 fully saturated rings. The summed E-state index contributed by atoms with van der Waals surface area (Å²) in [5.74, 6) is 0.157. The molecule has 0 atom stereocenters. The molecule has 0 N–H and O–H groups in total. The molecule has 3 aromatic carbocycles. The zero-order valence-corrected chi connectivity index (χ0v) is 19.4. The van der Waals surface area contributed by atoms with Crippen molar-refractivity contribution in [3.63, 3.8) is 0 Å². The number of piperazine rings is 1. The Hall–Kier alpha value is -2.85. The first-order valence-corrected chi connectivity index (χ1v) is 12.6. The number of amides is 1. The van der Waals surface area contributed by atoms with Crippen LogP contribution in [0.5, 0.6) is 0 Å². The van der Waals surface area contributed by atoms with Gasteiger partial charge in [0.2, 0.25) is 0 Å². The number of hydrogen-bond acceptors (Lipinski definition) is 3. The van der Waals surface area contributed by atoms with Crippen molar-refractivity contribution in [2.45, 2.75) is 38.1 Å². The topological polar surface area (TPSA) is 26.8 Å². The van der Waals surface area contributed by atoms with Gasteiger partial charge < -0.3 is 9.80 Å². The summed E-state index contributed by atoms with van der Waals surface area (Å²) >= 11 is 0. The molecule has 1 amide bonds. The predicted molar refractivity (Wildman–Crippen MR) is 135 cm³/mol. The Bertz CT molecular complexity index is 1160. The van der Waals surface area contributed by atoms with Crippen molar-refractivity contribution >= 4 is 22.4 Å². The highest BCUT2D eigenvalue weighted by Crippen LogP contribution is 2.29. The van der Waals surface area contributed by atoms with E-state index in [9.17, 15) is 4.79 Å². The van der Waals surface area contributed by atoms with Gasteiger partial charge in [-0.25, -0.2) is 0 Å². The molecule has 33 heavy (non-hydrogen) atoms. The van der Waals surface area contributed by atoms with E-state index in [-0.39, 0.29) is 5.91 Å². The van der Waals surface area contributed by atoms with Crippen LogP contribution in [0.2, 0.25) is 0 Å². The molecule has 170 valence electrons. The van der Waals surface area contributed by atoms with Crippen molar-refractivity contribution in [2.24, 2.45) is 0 Å². The molecule has 0 unspecified atom stereocenters. The highest BCUT2D eigenvalue weighted by molar-refractivity contribution is 6.07. The minimum Gasteiger partial charge on any atom is -0.368 e. The van der Waals surface area contributed by atoms with Crippen LogP contribution in [0.1, 0.15) is 40.7 Å². The Morgan fingerprint density at radius 2 is 1.52 bits per heavy atom. The van der Waals surface area contributed by atoms with Crippen molar-refractivity contribution in [2.75, 3.05) is 44.2 Å². The van der Waals surface area contributed by atoms with Gasteiger partial charge in [-0.3, -0.25) is 9.69 Å². The third kappa shape index (κ3) is 4.02. The van der Waals surface area contributed by atoms with Crippen LogP contribution in [0.25, 0.3) is 10.8 Å². The lowest BCUT2D eigenvalue weighted by Crippen LogP contribution is -2.48. The molecule has 4 heteroatoms. The van der Waals surface area contributed by atoms with Crippen molar-refractivity contribution in [3.05, 3.63) is 77.4 Å². The molecule has 0 radical (unpaired) electrons. The molecule has 2 heterocycles. The lowest BCUT2D eigenvalue weighted by atomic mass is 9.91. The SMILES string of the molecule is O=C(c1cccc2ccccc12)N1CCN(c2ccc3c(c2)CCN(C2CCC2)CC3)CC1. The average Bonchev–Trinajstić information content (AvgIpc) is 3.04. The number of carbonyl (C=O) groups is 1. The normalized spacial score (nSPS) is 19.8. The molecular formula is C29H33N3O. The second-order valence-electron chi connectivity index (χ2n) is 9.88. The minimum absolute atomic E-state index is 0.157. The summed E-state index contributed by atoms with van der Waals surface area (Å²) in [6, 6.07) is 22.2. The van der Waals surface area contributed by atoms with Crippen LogP contribution >= 0.6 is 0 Å². The van der Waals surface area contributed by atoms with Gasteiger partial charge in [0.05, 0.1) is 0 Å². The Kier molecular flexibility index (Phi) is 5.55. The van der Waals surface area contributed by atoms with E-state index in [1.54, 1.807) is 0 Å². The van der Waals surface area contributed by atoms with Crippen LogP contribution in [0.3, 0.4) is 0 Å². The molecule has 6 rings (SSSR count). The van der Waals surface area contributed by atoms with Crippen LogP contribution in [0.4, 0.5) is 5.69 Å². The molecule has 1 saturated carbocycles. The molecule has 0 bridgehead atoms. The molecule has 2 aliphatic heterocycles. The lowest BCUT2D eigenvalue weighted by molar-refractivity contribution is 0.0749. The smallest absolute Gasteiger partial charge is 0.254 e. The molecule has 1 aliphatic carbocycles. The monoisotopic (exact) mass is 439 g/mol. The van der Waals surface area contributed by atoms with Crippen molar-refractivity contribution in [3.8, 4) is 0 Å². The van der Waals surface area contributed by atoms with Crippen LogP contribution in [0, 0.1) is 0 Å². The van der Waals surface area contributed by atoms with E-state index >= 15 is 0 Å². The van der Waals surface area contributed by atoms with Crippen LogP contribution in [0.15, 0.2) is 60.7 Å². The number of rotatable bonds is 3. The molecular weight excluding hydrogens is 406 g/mol. The first-order valence-electron chi connectivity index (χ1n) is 12.6. The summed E-state index contributed by atoms with van der Waals surface area (Å²) in [6.07, 6.45) is 6.54. The predicted octanol–water partition coefficient (Wildman–Crippen LogP) is 4.76. The molecule has 0 aromatic heterocycles. The maximum absolute atomic E-state index is 13.3. The third-order valence-corrected chi connectivity index (χ3v) is 8.07. The Balaban J connectivity index is 1.12. The summed E-state index contributed by atoms with van der Waals surface area (Å²) in [6.45, 7) is 5.75. The fourth-order valence-corrected chi connectivity index (χ4v) is 5.79. The molecule has 3 aromatic rings. The highest BCUT2D eigenvalue weighted by atomic mass is 16.2. The van der Waals surface area contributed by atoms with E-state index in [0.717, 1.165) is 48.6 Å². The third-order valence-electron chi connectivity index (χ3n) is 8.07. The van der Waals surface area contributed by atoms with E-state index < -0.39 is 0 Å². The lowest BCUT2D eigenvalue weighted by Gasteiger charge is -2.37. The zero-order valence-electron chi connectivity index (χ0n) is 19.4. The standard InChI is InChI=1S/C29H33N3O/c33-29(28-10-3-6-23-5-1-2-9-27(23)28)32-19-17-31(18-20-32)26-12-11-22-13-15-30(25-7-4-8-25)16-14-24(22)21-26/h1-3,5-6,9-12,21,25H,4,7-8,13-20H2. The zero-order chi connectivity index (χ0) is 22.2. The molecule has 4 nitrogen and oxygen atoms in total. The maximum Gasteiger partial charge on any atom is 0.254 e. The number of anilines is 1. The van der Waals surface area contributed by atoms with Crippen molar-refractivity contribution in [1.29, 1.82) is 0 Å². The first kappa shape index (κ1) is 20.7. The van der Waals surface area contributed by atoms with E-state index in [0.29, 0.717) is 0 Å². The van der Waals surface area contributed by atoms with Gasteiger partial charge in [0.15, 0.2) is 0 Å². The number of benzene rings is 3. The Morgan fingerprint density at radius 3 is 2.30 bits per heavy atom. The number of nitrogens with zero attached hydrogens (tertiary/aromatic N) is 3.